The summed E-state index contributed by atoms with van der Waals surface area (Å²) < 4.78 is 67.8. The van der Waals surface area contributed by atoms with Crippen LogP contribution < -0.4 is 20.6 Å². The third kappa shape index (κ3) is 11.2. The van der Waals surface area contributed by atoms with Crippen molar-refractivity contribution in [3.63, 3.8) is 0 Å². The number of hydrogen-bond acceptors (Lipinski definition) is 17. The smallest absolute Gasteiger partial charge is 0.422 e. The first-order valence-electron chi connectivity index (χ1n) is 18.6. The SMILES string of the molecule is O=c1ccc(-c2cnc(OCC(F)(F)F)nc2)nn1Cc1nnc(-c2ccccc2)s1.O=c1ccc(-c2cnc(OCC3(F)COC3)nc2)nn1Cc1nnc(-c2ccccc2)s1. The molecular weight excluding hydrogens is 869 g/mol. The van der Waals surface area contributed by atoms with E-state index in [0.29, 0.717) is 32.5 Å². The monoisotopic (exact) mass is 898 g/mol. The van der Waals surface area contributed by atoms with Crippen molar-refractivity contribution in [2.45, 2.75) is 24.9 Å². The maximum absolute atomic E-state index is 13.9. The van der Waals surface area contributed by atoms with Crippen LogP contribution in [0.2, 0.25) is 0 Å². The van der Waals surface area contributed by atoms with Crippen molar-refractivity contribution in [3.8, 4) is 55.7 Å². The standard InChI is InChI=1S/C21H17FN6O3S.C19H13F3N6O2S/c22-21(11-30-12-21)13-31-20-23-8-15(9-24-20)16-6-7-18(29)28(27-16)10-17-25-26-19(32-17)14-4-2-1-3-5-14;20-19(21,22)11-30-18-23-8-13(9-24-18)14-6-7-16(29)28(27-14)10-15-25-26-17(31-15)12-4-2-1-3-5-12/h1-9H,10-13H2;1-9H,10-11H2. The van der Waals surface area contributed by atoms with Gasteiger partial charge in [-0.25, -0.2) is 33.7 Å². The summed E-state index contributed by atoms with van der Waals surface area (Å²) in [6.07, 6.45) is 1.09. The van der Waals surface area contributed by atoms with Crippen molar-refractivity contribution >= 4 is 22.7 Å². The number of hydrogen-bond donors (Lipinski definition) is 0. The maximum atomic E-state index is 13.9. The van der Waals surface area contributed by atoms with E-state index in [0.717, 1.165) is 21.1 Å². The molecule has 320 valence electrons. The third-order valence-electron chi connectivity index (χ3n) is 8.67. The summed E-state index contributed by atoms with van der Waals surface area (Å²) >= 11 is 2.75. The van der Waals surface area contributed by atoms with Crippen LogP contribution in [0, 0.1) is 0 Å². The lowest BCUT2D eigenvalue weighted by Crippen LogP contribution is -2.50. The highest BCUT2D eigenvalue weighted by molar-refractivity contribution is 7.15. The van der Waals surface area contributed by atoms with E-state index in [9.17, 15) is 27.2 Å². The van der Waals surface area contributed by atoms with Gasteiger partial charge in [0, 0.05) is 59.2 Å². The van der Waals surface area contributed by atoms with Crippen LogP contribution in [-0.4, -0.2) is 98.2 Å². The number of halogens is 4. The molecule has 0 N–H and O–H groups in total. The van der Waals surface area contributed by atoms with E-state index in [-0.39, 0.29) is 50.0 Å². The Kier molecular flexibility index (Phi) is 12.7. The highest BCUT2D eigenvalue weighted by atomic mass is 32.1. The summed E-state index contributed by atoms with van der Waals surface area (Å²) in [7, 11) is 0. The number of alkyl halides is 4. The Bertz CT molecular complexity index is 2900. The molecule has 8 aromatic rings. The quantitative estimate of drug-likeness (QED) is 0.130. The van der Waals surface area contributed by atoms with E-state index in [1.54, 1.807) is 6.07 Å². The van der Waals surface area contributed by atoms with Crippen molar-refractivity contribution in [2.24, 2.45) is 0 Å². The molecular formula is C40H30F4N12O5S2. The van der Waals surface area contributed by atoms with Gasteiger partial charge in [0.15, 0.2) is 12.3 Å². The molecule has 0 atom stereocenters. The number of nitrogens with zero attached hydrogens (tertiary/aromatic N) is 12. The van der Waals surface area contributed by atoms with Gasteiger partial charge in [0.1, 0.15) is 26.6 Å². The van der Waals surface area contributed by atoms with Crippen molar-refractivity contribution in [1.29, 1.82) is 0 Å². The fourth-order valence-electron chi connectivity index (χ4n) is 5.51. The second kappa shape index (κ2) is 18.8. The minimum Gasteiger partial charge on any atom is -0.460 e. The van der Waals surface area contributed by atoms with Gasteiger partial charge in [-0.05, 0) is 12.1 Å². The molecule has 23 heteroatoms. The first kappa shape index (κ1) is 42.5. The van der Waals surface area contributed by atoms with Crippen molar-refractivity contribution in [2.75, 3.05) is 26.4 Å². The zero-order valence-electron chi connectivity index (χ0n) is 32.4. The van der Waals surface area contributed by atoms with Gasteiger partial charge in [-0.15, -0.1) is 20.4 Å². The Morgan fingerprint density at radius 2 is 1.05 bits per heavy atom. The Labute approximate surface area is 360 Å². The predicted molar refractivity (Wildman–Crippen MR) is 220 cm³/mol. The molecule has 1 saturated heterocycles. The van der Waals surface area contributed by atoms with Crippen LogP contribution in [0.1, 0.15) is 10.0 Å². The fourth-order valence-corrected chi connectivity index (χ4v) is 7.17. The minimum absolute atomic E-state index is 0.0119. The number of rotatable bonds is 13. The lowest BCUT2D eigenvalue weighted by Gasteiger charge is -2.32. The number of ether oxygens (including phenoxy) is 3. The van der Waals surface area contributed by atoms with Crippen LogP contribution in [0.3, 0.4) is 0 Å². The number of benzene rings is 2. The van der Waals surface area contributed by atoms with Gasteiger partial charge in [0.05, 0.1) is 37.7 Å². The van der Waals surface area contributed by atoms with Gasteiger partial charge in [-0.2, -0.15) is 23.4 Å². The van der Waals surface area contributed by atoms with Gasteiger partial charge >= 0.3 is 18.2 Å². The molecule has 6 aromatic heterocycles. The first-order chi connectivity index (χ1) is 30.4. The van der Waals surface area contributed by atoms with Gasteiger partial charge in [-0.3, -0.25) is 9.59 Å². The summed E-state index contributed by atoms with van der Waals surface area (Å²) in [4.78, 5) is 40.2. The summed E-state index contributed by atoms with van der Waals surface area (Å²) in [6.45, 7) is -1.31. The lowest BCUT2D eigenvalue weighted by atomic mass is 10.1. The number of aromatic nitrogens is 12. The van der Waals surface area contributed by atoms with Gasteiger partial charge < -0.3 is 14.2 Å². The Morgan fingerprint density at radius 1 is 0.603 bits per heavy atom. The van der Waals surface area contributed by atoms with Crippen molar-refractivity contribution in [1.82, 2.24) is 59.9 Å². The van der Waals surface area contributed by atoms with Gasteiger partial charge in [0.2, 0.25) is 0 Å². The second-order valence-electron chi connectivity index (χ2n) is 13.5. The van der Waals surface area contributed by atoms with Crippen LogP contribution in [0.4, 0.5) is 17.6 Å². The van der Waals surface area contributed by atoms with Crippen molar-refractivity contribution < 1.29 is 31.8 Å². The first-order valence-corrected chi connectivity index (χ1v) is 20.2. The Hall–Kier alpha value is -7.24. The summed E-state index contributed by atoms with van der Waals surface area (Å²) in [5.74, 6) is 0. The third-order valence-corrected chi connectivity index (χ3v) is 10.6. The zero-order valence-corrected chi connectivity index (χ0v) is 34.0. The Morgan fingerprint density at radius 3 is 1.46 bits per heavy atom. The van der Waals surface area contributed by atoms with E-state index in [2.05, 4.69) is 55.3 Å². The molecule has 0 unspecified atom stereocenters. The predicted octanol–water partition coefficient (Wildman–Crippen LogP) is 5.59. The highest BCUT2D eigenvalue weighted by Gasteiger charge is 2.40. The molecule has 0 amide bonds. The van der Waals surface area contributed by atoms with E-state index in [1.807, 2.05) is 60.7 Å². The van der Waals surface area contributed by atoms with Gasteiger partial charge in [-0.1, -0.05) is 83.3 Å². The average Bonchev–Trinajstić information content (AvgIpc) is 3.97. The second-order valence-corrected chi connectivity index (χ2v) is 15.6. The molecule has 9 rings (SSSR count). The molecule has 1 fully saturated rings. The van der Waals surface area contributed by atoms with E-state index >= 15 is 0 Å². The molecule has 7 heterocycles. The van der Waals surface area contributed by atoms with Gasteiger partial charge in [0.25, 0.3) is 11.1 Å². The molecule has 2 aromatic carbocycles. The molecule has 17 nitrogen and oxygen atoms in total. The van der Waals surface area contributed by atoms with Crippen LogP contribution >= 0.6 is 22.7 Å². The molecule has 63 heavy (non-hydrogen) atoms. The molecule has 0 spiro atoms. The van der Waals surface area contributed by atoms with Crippen molar-refractivity contribution in [3.05, 3.63) is 140 Å². The zero-order chi connectivity index (χ0) is 43.8. The molecule has 0 radical (unpaired) electrons. The molecule has 1 aliphatic rings. The van der Waals surface area contributed by atoms with E-state index in [4.69, 9.17) is 9.47 Å². The summed E-state index contributed by atoms with van der Waals surface area (Å²) in [6, 6.07) is 24.7. The topological polar surface area (TPSA) is 201 Å². The van der Waals surface area contributed by atoms with E-state index in [1.165, 1.54) is 75.0 Å². The lowest BCUT2D eigenvalue weighted by molar-refractivity contribution is -0.154. The van der Waals surface area contributed by atoms with E-state index < -0.39 is 24.5 Å². The average molecular weight is 899 g/mol. The maximum Gasteiger partial charge on any atom is 0.422 e. The van der Waals surface area contributed by atoms with Crippen LogP contribution in [0.15, 0.2) is 119 Å². The highest BCUT2D eigenvalue weighted by Crippen LogP contribution is 2.26. The molecule has 0 aliphatic carbocycles. The normalized spacial score (nSPS) is 13.1. The fraction of sp³-hybridized carbons (Fsp3) is 0.200. The van der Waals surface area contributed by atoms with Crippen LogP contribution in [0.25, 0.3) is 43.7 Å². The van der Waals surface area contributed by atoms with Crippen LogP contribution in [-0.2, 0) is 17.8 Å². The summed E-state index contributed by atoms with van der Waals surface area (Å²) in [5, 5.41) is 28.1. The molecule has 0 saturated carbocycles. The molecule has 1 aliphatic heterocycles. The largest absolute Gasteiger partial charge is 0.460 e. The molecule has 0 bridgehead atoms. The van der Waals surface area contributed by atoms with Crippen LogP contribution in [0.5, 0.6) is 12.0 Å². The minimum atomic E-state index is -4.48. The Balaban J connectivity index is 0.000000173. The summed E-state index contributed by atoms with van der Waals surface area (Å²) in [5.41, 5.74) is 1.69.